The van der Waals surface area contributed by atoms with Gasteiger partial charge in [-0.05, 0) is 26.2 Å². The van der Waals surface area contributed by atoms with E-state index in [2.05, 4.69) is 6.92 Å². The zero-order valence-corrected chi connectivity index (χ0v) is 10.4. The predicted octanol–water partition coefficient (Wildman–Crippen LogP) is 1.58. The lowest BCUT2D eigenvalue weighted by Gasteiger charge is -2.04. The third-order valence-electron chi connectivity index (χ3n) is 2.69. The summed E-state index contributed by atoms with van der Waals surface area (Å²) in [5.74, 6) is 0. The van der Waals surface area contributed by atoms with Crippen LogP contribution in [0.3, 0.4) is 0 Å². The molecular formula is C12H23N3O. The second-order valence-electron chi connectivity index (χ2n) is 4.44. The number of unbranched alkanes of at least 4 members (excludes halogenated alkanes) is 1. The summed E-state index contributed by atoms with van der Waals surface area (Å²) in [5, 5.41) is 0. The smallest absolute Gasteiger partial charge is 0.328 e. The van der Waals surface area contributed by atoms with Crippen LogP contribution in [0.5, 0.6) is 0 Å². The molecule has 0 saturated carbocycles. The highest BCUT2D eigenvalue weighted by Crippen LogP contribution is 2.00. The van der Waals surface area contributed by atoms with Crippen LogP contribution in [0.4, 0.5) is 0 Å². The van der Waals surface area contributed by atoms with Crippen LogP contribution < -0.4 is 11.4 Å². The molecule has 2 N–H and O–H groups in total. The molecule has 0 aliphatic heterocycles. The first-order chi connectivity index (χ1) is 7.65. The van der Waals surface area contributed by atoms with Gasteiger partial charge in [-0.3, -0.25) is 9.13 Å². The van der Waals surface area contributed by atoms with E-state index in [0.29, 0.717) is 0 Å². The molecule has 1 aromatic heterocycles. The molecule has 1 atom stereocenters. The Bertz CT molecular complexity index is 351. The molecule has 0 spiro atoms. The molecule has 0 aliphatic rings. The SMILES string of the molecule is CCCn1ccn(CCCCC(C)N)c1=O. The van der Waals surface area contributed by atoms with Crippen LogP contribution in [0.2, 0.25) is 0 Å². The Morgan fingerprint density at radius 2 is 1.88 bits per heavy atom. The van der Waals surface area contributed by atoms with Gasteiger partial charge in [0, 0.05) is 31.5 Å². The summed E-state index contributed by atoms with van der Waals surface area (Å²) >= 11 is 0. The van der Waals surface area contributed by atoms with Gasteiger partial charge in [-0.25, -0.2) is 4.79 Å². The zero-order chi connectivity index (χ0) is 12.0. The van der Waals surface area contributed by atoms with Gasteiger partial charge >= 0.3 is 5.69 Å². The number of aromatic nitrogens is 2. The van der Waals surface area contributed by atoms with E-state index in [1.54, 1.807) is 9.13 Å². The van der Waals surface area contributed by atoms with Gasteiger partial charge < -0.3 is 5.73 Å². The van der Waals surface area contributed by atoms with Gasteiger partial charge in [-0.1, -0.05) is 13.3 Å². The van der Waals surface area contributed by atoms with Crippen LogP contribution in [-0.2, 0) is 13.1 Å². The van der Waals surface area contributed by atoms with Crippen molar-refractivity contribution in [2.75, 3.05) is 0 Å². The summed E-state index contributed by atoms with van der Waals surface area (Å²) in [6.45, 7) is 5.71. The van der Waals surface area contributed by atoms with Crippen LogP contribution in [0.15, 0.2) is 17.2 Å². The first kappa shape index (κ1) is 13.0. The van der Waals surface area contributed by atoms with Gasteiger partial charge in [0.05, 0.1) is 0 Å². The van der Waals surface area contributed by atoms with Crippen molar-refractivity contribution in [3.63, 3.8) is 0 Å². The molecule has 0 saturated heterocycles. The second-order valence-corrected chi connectivity index (χ2v) is 4.44. The average molecular weight is 225 g/mol. The van der Waals surface area contributed by atoms with E-state index < -0.39 is 0 Å². The molecule has 4 nitrogen and oxygen atoms in total. The summed E-state index contributed by atoms with van der Waals surface area (Å²) < 4.78 is 3.56. The highest BCUT2D eigenvalue weighted by Gasteiger charge is 2.02. The number of nitrogens with two attached hydrogens (primary N) is 1. The maximum Gasteiger partial charge on any atom is 0.328 e. The van der Waals surface area contributed by atoms with Crippen molar-refractivity contribution in [2.45, 2.75) is 58.7 Å². The van der Waals surface area contributed by atoms with Gasteiger partial charge in [-0.15, -0.1) is 0 Å². The second kappa shape index (κ2) is 6.53. The van der Waals surface area contributed by atoms with E-state index in [0.717, 1.165) is 38.8 Å². The molecular weight excluding hydrogens is 202 g/mol. The van der Waals surface area contributed by atoms with E-state index in [1.807, 2.05) is 19.3 Å². The molecule has 16 heavy (non-hydrogen) atoms. The Hall–Kier alpha value is -1.03. The molecule has 1 unspecified atom stereocenters. The Morgan fingerprint density at radius 1 is 1.25 bits per heavy atom. The Kier molecular flexibility index (Phi) is 5.32. The number of imidazole rings is 1. The molecule has 0 amide bonds. The predicted molar refractivity (Wildman–Crippen MR) is 66.5 cm³/mol. The van der Waals surface area contributed by atoms with Gasteiger partial charge in [0.15, 0.2) is 0 Å². The Labute approximate surface area is 97.1 Å². The number of hydrogen-bond donors (Lipinski definition) is 1. The van der Waals surface area contributed by atoms with Crippen LogP contribution in [0.1, 0.15) is 39.5 Å². The number of hydrogen-bond acceptors (Lipinski definition) is 2. The fourth-order valence-electron chi connectivity index (χ4n) is 1.78. The van der Waals surface area contributed by atoms with Crippen LogP contribution in [-0.4, -0.2) is 15.2 Å². The lowest BCUT2D eigenvalue weighted by Crippen LogP contribution is -2.24. The number of aryl methyl sites for hydroxylation is 2. The zero-order valence-electron chi connectivity index (χ0n) is 10.4. The fourth-order valence-corrected chi connectivity index (χ4v) is 1.78. The normalized spacial score (nSPS) is 12.9. The summed E-state index contributed by atoms with van der Waals surface area (Å²) in [5.41, 5.74) is 5.79. The van der Waals surface area contributed by atoms with E-state index in [-0.39, 0.29) is 11.7 Å². The first-order valence-corrected chi connectivity index (χ1v) is 6.16. The van der Waals surface area contributed by atoms with Crippen molar-refractivity contribution >= 4 is 0 Å². The van der Waals surface area contributed by atoms with Crippen molar-refractivity contribution < 1.29 is 0 Å². The average Bonchev–Trinajstić information content (AvgIpc) is 2.57. The van der Waals surface area contributed by atoms with Gasteiger partial charge in [-0.2, -0.15) is 0 Å². The maximum atomic E-state index is 11.8. The van der Waals surface area contributed by atoms with Gasteiger partial charge in [0.1, 0.15) is 0 Å². The fraction of sp³-hybridized carbons (Fsp3) is 0.750. The van der Waals surface area contributed by atoms with Crippen molar-refractivity contribution in [2.24, 2.45) is 5.73 Å². The minimum Gasteiger partial charge on any atom is -0.328 e. The topological polar surface area (TPSA) is 52.9 Å². The Morgan fingerprint density at radius 3 is 2.44 bits per heavy atom. The van der Waals surface area contributed by atoms with Gasteiger partial charge in [0.25, 0.3) is 0 Å². The molecule has 0 aromatic carbocycles. The van der Waals surface area contributed by atoms with Crippen LogP contribution >= 0.6 is 0 Å². The van der Waals surface area contributed by atoms with Crippen LogP contribution in [0, 0.1) is 0 Å². The molecule has 92 valence electrons. The quantitative estimate of drug-likeness (QED) is 0.716. The lowest BCUT2D eigenvalue weighted by molar-refractivity contribution is 0.530. The molecule has 0 fully saturated rings. The first-order valence-electron chi connectivity index (χ1n) is 6.16. The largest absolute Gasteiger partial charge is 0.328 e. The number of rotatable bonds is 7. The summed E-state index contributed by atoms with van der Waals surface area (Å²) in [4.78, 5) is 11.8. The molecule has 0 radical (unpaired) electrons. The third-order valence-corrected chi connectivity index (χ3v) is 2.69. The maximum absolute atomic E-state index is 11.8. The monoisotopic (exact) mass is 225 g/mol. The van der Waals surface area contributed by atoms with E-state index >= 15 is 0 Å². The summed E-state index contributed by atoms with van der Waals surface area (Å²) in [6.07, 6.45) is 7.89. The molecule has 0 aliphatic carbocycles. The third kappa shape index (κ3) is 3.85. The van der Waals surface area contributed by atoms with Crippen molar-refractivity contribution in [1.82, 2.24) is 9.13 Å². The standard InChI is InChI=1S/C12H23N3O/c1-3-7-14-9-10-15(12(14)16)8-5-4-6-11(2)13/h9-11H,3-8,13H2,1-2H3. The minimum atomic E-state index is 0.114. The molecule has 1 rings (SSSR count). The van der Waals surface area contributed by atoms with Gasteiger partial charge in [0.2, 0.25) is 0 Å². The molecule has 4 heteroatoms. The molecule has 1 aromatic rings. The summed E-state index contributed by atoms with van der Waals surface area (Å²) in [7, 11) is 0. The highest BCUT2D eigenvalue weighted by molar-refractivity contribution is 4.81. The van der Waals surface area contributed by atoms with E-state index in [4.69, 9.17) is 5.73 Å². The number of nitrogens with zero attached hydrogens (tertiary/aromatic N) is 2. The minimum absolute atomic E-state index is 0.114. The summed E-state index contributed by atoms with van der Waals surface area (Å²) in [6, 6.07) is 0.265. The van der Waals surface area contributed by atoms with E-state index in [9.17, 15) is 4.79 Å². The van der Waals surface area contributed by atoms with E-state index in [1.165, 1.54) is 0 Å². The Balaban J connectivity index is 2.40. The van der Waals surface area contributed by atoms with Crippen molar-refractivity contribution in [3.05, 3.63) is 22.9 Å². The molecule has 1 heterocycles. The van der Waals surface area contributed by atoms with Crippen molar-refractivity contribution in [1.29, 1.82) is 0 Å². The lowest BCUT2D eigenvalue weighted by atomic mass is 10.1. The highest BCUT2D eigenvalue weighted by atomic mass is 16.1. The van der Waals surface area contributed by atoms with Crippen molar-refractivity contribution in [3.8, 4) is 0 Å². The van der Waals surface area contributed by atoms with Crippen LogP contribution in [0.25, 0.3) is 0 Å². The molecule has 0 bridgehead atoms.